The summed E-state index contributed by atoms with van der Waals surface area (Å²) in [7, 11) is 0. The van der Waals surface area contributed by atoms with Crippen LogP contribution in [0.15, 0.2) is 0 Å². The van der Waals surface area contributed by atoms with Crippen LogP contribution in [0.3, 0.4) is 0 Å². The van der Waals surface area contributed by atoms with Crippen molar-refractivity contribution in [1.82, 2.24) is 0 Å². The minimum atomic E-state index is -0.490. The highest BCUT2D eigenvalue weighted by atomic mass is 19.1. The van der Waals surface area contributed by atoms with Gasteiger partial charge in [0, 0.05) is 0 Å². The van der Waals surface area contributed by atoms with Crippen molar-refractivity contribution in [3.05, 3.63) is 0 Å². The second kappa shape index (κ2) is 5.62. The van der Waals surface area contributed by atoms with Crippen molar-refractivity contribution in [2.75, 3.05) is 0 Å². The maximum Gasteiger partial charge on any atom is 0.100 e. The van der Waals surface area contributed by atoms with Crippen LogP contribution < -0.4 is 0 Å². The largest absolute Gasteiger partial charge is 0.247 e. The number of halogens is 1. The standard InChI is InChI=1S/C12H23F/c1-3-5-10(4-2)11-6-8-12(13)9-7-11/h10-12H,3-9H2,1-2H3. The van der Waals surface area contributed by atoms with Crippen molar-refractivity contribution in [1.29, 1.82) is 0 Å². The molecule has 0 amide bonds. The molecule has 0 heterocycles. The van der Waals surface area contributed by atoms with E-state index in [0.29, 0.717) is 0 Å². The van der Waals surface area contributed by atoms with Gasteiger partial charge in [-0.05, 0) is 37.5 Å². The van der Waals surface area contributed by atoms with Gasteiger partial charge < -0.3 is 0 Å². The fourth-order valence-corrected chi connectivity index (χ4v) is 2.69. The van der Waals surface area contributed by atoms with Gasteiger partial charge in [0.2, 0.25) is 0 Å². The topological polar surface area (TPSA) is 0 Å². The fraction of sp³-hybridized carbons (Fsp3) is 1.00. The Morgan fingerprint density at radius 2 is 1.77 bits per heavy atom. The molecule has 0 aliphatic heterocycles. The summed E-state index contributed by atoms with van der Waals surface area (Å²) >= 11 is 0. The van der Waals surface area contributed by atoms with E-state index in [1.165, 1.54) is 19.3 Å². The first-order valence-electron chi connectivity index (χ1n) is 5.92. The van der Waals surface area contributed by atoms with Crippen molar-refractivity contribution >= 4 is 0 Å². The summed E-state index contributed by atoms with van der Waals surface area (Å²) in [5, 5.41) is 0. The van der Waals surface area contributed by atoms with Crippen LogP contribution in [0.25, 0.3) is 0 Å². The Labute approximate surface area is 81.9 Å². The lowest BCUT2D eigenvalue weighted by Crippen LogP contribution is -2.21. The monoisotopic (exact) mass is 186 g/mol. The third-order valence-corrected chi connectivity index (χ3v) is 3.55. The second-order valence-electron chi connectivity index (χ2n) is 4.47. The van der Waals surface area contributed by atoms with E-state index < -0.39 is 6.17 Å². The van der Waals surface area contributed by atoms with Crippen LogP contribution in [0.1, 0.15) is 58.8 Å². The number of hydrogen-bond donors (Lipinski definition) is 0. The fourth-order valence-electron chi connectivity index (χ4n) is 2.69. The summed E-state index contributed by atoms with van der Waals surface area (Å²) in [5.41, 5.74) is 0. The lowest BCUT2D eigenvalue weighted by molar-refractivity contribution is 0.157. The molecule has 1 unspecified atom stereocenters. The first-order valence-corrected chi connectivity index (χ1v) is 5.92. The van der Waals surface area contributed by atoms with Gasteiger partial charge in [0.15, 0.2) is 0 Å². The summed E-state index contributed by atoms with van der Waals surface area (Å²) in [4.78, 5) is 0. The van der Waals surface area contributed by atoms with E-state index in [9.17, 15) is 4.39 Å². The molecule has 0 aromatic heterocycles. The van der Waals surface area contributed by atoms with Gasteiger partial charge in [0.25, 0.3) is 0 Å². The van der Waals surface area contributed by atoms with Crippen molar-refractivity contribution in [3.63, 3.8) is 0 Å². The summed E-state index contributed by atoms with van der Waals surface area (Å²) in [5.74, 6) is 1.70. The molecular weight excluding hydrogens is 163 g/mol. The maximum atomic E-state index is 12.9. The number of rotatable bonds is 4. The van der Waals surface area contributed by atoms with Crippen molar-refractivity contribution in [2.45, 2.75) is 65.0 Å². The Bertz CT molecular complexity index is 125. The molecule has 1 aliphatic carbocycles. The molecule has 13 heavy (non-hydrogen) atoms. The Hall–Kier alpha value is -0.0700. The van der Waals surface area contributed by atoms with E-state index in [-0.39, 0.29) is 0 Å². The van der Waals surface area contributed by atoms with Crippen LogP contribution in [0.2, 0.25) is 0 Å². The molecule has 0 nitrogen and oxygen atoms in total. The third kappa shape index (κ3) is 3.28. The van der Waals surface area contributed by atoms with Crippen LogP contribution in [0.4, 0.5) is 4.39 Å². The van der Waals surface area contributed by atoms with E-state index in [0.717, 1.165) is 37.5 Å². The molecule has 1 fully saturated rings. The predicted molar refractivity (Wildman–Crippen MR) is 55.5 cm³/mol. The van der Waals surface area contributed by atoms with Gasteiger partial charge in [0.1, 0.15) is 6.17 Å². The SMILES string of the molecule is CCCC(CC)C1CCC(F)CC1. The zero-order chi connectivity index (χ0) is 9.68. The van der Waals surface area contributed by atoms with Gasteiger partial charge >= 0.3 is 0 Å². The van der Waals surface area contributed by atoms with E-state index in [4.69, 9.17) is 0 Å². The smallest absolute Gasteiger partial charge is 0.100 e. The first kappa shape index (κ1) is 11.0. The van der Waals surface area contributed by atoms with Crippen LogP contribution >= 0.6 is 0 Å². The molecule has 1 saturated carbocycles. The highest BCUT2D eigenvalue weighted by Crippen LogP contribution is 2.35. The van der Waals surface area contributed by atoms with Gasteiger partial charge in [-0.1, -0.05) is 33.1 Å². The number of alkyl halides is 1. The van der Waals surface area contributed by atoms with E-state index in [1.54, 1.807) is 0 Å². The van der Waals surface area contributed by atoms with Crippen molar-refractivity contribution < 1.29 is 4.39 Å². The van der Waals surface area contributed by atoms with Gasteiger partial charge in [-0.3, -0.25) is 0 Å². The summed E-state index contributed by atoms with van der Waals surface area (Å²) in [6, 6.07) is 0. The lowest BCUT2D eigenvalue weighted by atomic mass is 9.76. The van der Waals surface area contributed by atoms with Crippen LogP contribution in [-0.4, -0.2) is 6.17 Å². The first-order chi connectivity index (χ1) is 6.27. The average Bonchev–Trinajstić information content (AvgIpc) is 2.16. The van der Waals surface area contributed by atoms with Crippen molar-refractivity contribution in [3.8, 4) is 0 Å². The zero-order valence-electron chi connectivity index (χ0n) is 9.06. The normalized spacial score (nSPS) is 31.6. The van der Waals surface area contributed by atoms with E-state index >= 15 is 0 Å². The Kier molecular flexibility index (Phi) is 4.76. The maximum absolute atomic E-state index is 12.9. The van der Waals surface area contributed by atoms with Crippen LogP contribution in [0, 0.1) is 11.8 Å². The quantitative estimate of drug-likeness (QED) is 0.612. The van der Waals surface area contributed by atoms with E-state index in [1.807, 2.05) is 0 Å². The average molecular weight is 186 g/mol. The molecule has 0 saturated heterocycles. The van der Waals surface area contributed by atoms with Gasteiger partial charge in [0.05, 0.1) is 0 Å². The van der Waals surface area contributed by atoms with E-state index in [2.05, 4.69) is 13.8 Å². The molecule has 1 aliphatic rings. The molecule has 78 valence electrons. The summed E-state index contributed by atoms with van der Waals surface area (Å²) in [6.45, 7) is 4.53. The molecule has 1 atom stereocenters. The Balaban J connectivity index is 2.32. The molecule has 0 spiro atoms. The predicted octanol–water partition coefficient (Wildman–Crippen LogP) is 4.34. The van der Waals surface area contributed by atoms with Crippen LogP contribution in [-0.2, 0) is 0 Å². The highest BCUT2D eigenvalue weighted by molar-refractivity contribution is 4.76. The Morgan fingerprint density at radius 3 is 2.23 bits per heavy atom. The Morgan fingerprint density at radius 1 is 1.15 bits per heavy atom. The highest BCUT2D eigenvalue weighted by Gasteiger charge is 2.25. The number of hydrogen-bond acceptors (Lipinski definition) is 0. The molecule has 1 heteroatoms. The minimum Gasteiger partial charge on any atom is -0.247 e. The van der Waals surface area contributed by atoms with Crippen molar-refractivity contribution in [2.24, 2.45) is 11.8 Å². The lowest BCUT2D eigenvalue weighted by Gasteiger charge is -2.30. The molecular formula is C12H23F. The molecule has 0 bridgehead atoms. The van der Waals surface area contributed by atoms with Crippen LogP contribution in [0.5, 0.6) is 0 Å². The molecule has 0 aromatic rings. The molecule has 0 radical (unpaired) electrons. The molecule has 0 N–H and O–H groups in total. The summed E-state index contributed by atoms with van der Waals surface area (Å²) < 4.78 is 12.9. The zero-order valence-corrected chi connectivity index (χ0v) is 9.06. The molecule has 0 aromatic carbocycles. The second-order valence-corrected chi connectivity index (χ2v) is 4.47. The minimum absolute atomic E-state index is 0.490. The van der Waals surface area contributed by atoms with Gasteiger partial charge in [-0.2, -0.15) is 0 Å². The van der Waals surface area contributed by atoms with Gasteiger partial charge in [-0.15, -0.1) is 0 Å². The van der Waals surface area contributed by atoms with Gasteiger partial charge in [-0.25, -0.2) is 4.39 Å². The molecule has 1 rings (SSSR count). The third-order valence-electron chi connectivity index (χ3n) is 3.55. The summed E-state index contributed by atoms with van der Waals surface area (Å²) in [6.07, 6.45) is 7.35.